The maximum atomic E-state index is 12.1. The molecule has 0 aliphatic carbocycles. The number of esters is 1. The number of hydrogen-bond acceptors (Lipinski definition) is 4. The summed E-state index contributed by atoms with van der Waals surface area (Å²) < 4.78 is 29.7. The average molecular weight is 286 g/mol. The molecule has 0 aromatic rings. The fourth-order valence-electron chi connectivity index (χ4n) is 1.29. The Kier molecular flexibility index (Phi) is 7.04. The lowest BCUT2D eigenvalue weighted by Crippen LogP contribution is -2.43. The van der Waals surface area contributed by atoms with Crippen LogP contribution in [0.1, 0.15) is 20.8 Å². The van der Waals surface area contributed by atoms with Gasteiger partial charge in [-0.05, 0) is 19.8 Å². The second kappa shape index (κ2) is 7.18. The highest BCUT2D eigenvalue weighted by Gasteiger charge is 2.28. The fourth-order valence-corrected chi connectivity index (χ4v) is 3.51. The largest absolute Gasteiger partial charge is 0.468 e. The summed E-state index contributed by atoms with van der Waals surface area (Å²) in [4.78, 5) is 11.2. The van der Waals surface area contributed by atoms with Crippen LogP contribution in [0.4, 0.5) is 0 Å². The van der Waals surface area contributed by atoms with Crippen LogP contribution in [0.5, 0.6) is 0 Å². The monoisotopic (exact) mass is 285 g/mol. The number of halogens is 1. The zero-order chi connectivity index (χ0) is 13.6. The Labute approximate surface area is 108 Å². The molecule has 1 unspecified atom stereocenters. The average Bonchev–Trinajstić information content (AvgIpc) is 2.23. The van der Waals surface area contributed by atoms with Crippen LogP contribution < -0.4 is 0 Å². The number of rotatable bonds is 7. The van der Waals surface area contributed by atoms with Gasteiger partial charge in [0.05, 0.1) is 12.9 Å². The van der Waals surface area contributed by atoms with Crippen LogP contribution >= 0.6 is 11.6 Å². The summed E-state index contributed by atoms with van der Waals surface area (Å²) in [6, 6.07) is -0.290. The number of alkyl halides is 1. The van der Waals surface area contributed by atoms with E-state index in [1.165, 1.54) is 7.11 Å². The maximum absolute atomic E-state index is 12.1. The van der Waals surface area contributed by atoms with E-state index in [-0.39, 0.29) is 30.1 Å². The predicted octanol–water partition coefficient (Wildman–Crippen LogP) is 1.07. The van der Waals surface area contributed by atoms with Gasteiger partial charge in [0.2, 0.25) is 10.0 Å². The van der Waals surface area contributed by atoms with Crippen molar-refractivity contribution in [1.29, 1.82) is 0 Å². The third-order valence-corrected chi connectivity index (χ3v) is 4.99. The van der Waals surface area contributed by atoms with E-state index in [0.717, 1.165) is 4.31 Å². The Morgan fingerprint density at radius 3 is 2.24 bits per heavy atom. The lowest BCUT2D eigenvalue weighted by atomic mass is 10.3. The fraction of sp³-hybridized carbons (Fsp3) is 0.900. The molecule has 0 rings (SSSR count). The molecule has 0 aromatic heterocycles. The molecule has 0 spiro atoms. The van der Waals surface area contributed by atoms with Gasteiger partial charge in [-0.3, -0.25) is 4.79 Å². The number of nitrogens with zero attached hydrogens (tertiary/aromatic N) is 1. The maximum Gasteiger partial charge on any atom is 0.321 e. The van der Waals surface area contributed by atoms with Crippen molar-refractivity contribution in [1.82, 2.24) is 4.31 Å². The Bertz CT molecular complexity index is 342. The lowest BCUT2D eigenvalue weighted by molar-refractivity contribution is -0.141. The molecule has 0 aliphatic heterocycles. The van der Waals surface area contributed by atoms with Gasteiger partial charge in [-0.2, -0.15) is 4.31 Å². The number of carbonyl (C=O) groups is 1. The molecule has 0 saturated carbocycles. The SMILES string of the molecule is COC(=O)CN(C(C)C)S(=O)(=O)CC(C)CCl. The van der Waals surface area contributed by atoms with Crippen LogP contribution in [0, 0.1) is 5.92 Å². The molecule has 5 nitrogen and oxygen atoms in total. The van der Waals surface area contributed by atoms with Gasteiger partial charge in [0.25, 0.3) is 0 Å². The third kappa shape index (κ3) is 5.70. The molecule has 0 amide bonds. The topological polar surface area (TPSA) is 63.7 Å². The molecule has 0 bridgehead atoms. The van der Waals surface area contributed by atoms with Crippen molar-refractivity contribution >= 4 is 27.6 Å². The third-order valence-electron chi connectivity index (χ3n) is 2.20. The highest BCUT2D eigenvalue weighted by atomic mass is 35.5. The number of methoxy groups -OCH3 is 1. The summed E-state index contributed by atoms with van der Waals surface area (Å²) in [6.45, 7) is 4.92. The van der Waals surface area contributed by atoms with E-state index >= 15 is 0 Å². The predicted molar refractivity (Wildman–Crippen MR) is 67.5 cm³/mol. The Hall–Kier alpha value is -0.330. The molecule has 0 N–H and O–H groups in total. The molecule has 0 heterocycles. The normalized spacial score (nSPS) is 14.1. The van der Waals surface area contributed by atoms with Crippen molar-refractivity contribution in [2.24, 2.45) is 5.92 Å². The minimum absolute atomic E-state index is 0.0638. The van der Waals surface area contributed by atoms with E-state index in [0.29, 0.717) is 0 Å². The van der Waals surface area contributed by atoms with Gasteiger partial charge in [-0.1, -0.05) is 6.92 Å². The molecule has 1 atom stereocenters. The van der Waals surface area contributed by atoms with Crippen molar-refractivity contribution in [2.75, 3.05) is 25.3 Å². The molecule has 0 saturated heterocycles. The van der Waals surface area contributed by atoms with Crippen molar-refractivity contribution in [2.45, 2.75) is 26.8 Å². The van der Waals surface area contributed by atoms with Crippen molar-refractivity contribution < 1.29 is 17.9 Å². The highest BCUT2D eigenvalue weighted by molar-refractivity contribution is 7.89. The summed E-state index contributed by atoms with van der Waals surface area (Å²) in [5.41, 5.74) is 0. The van der Waals surface area contributed by atoms with Gasteiger partial charge >= 0.3 is 5.97 Å². The van der Waals surface area contributed by atoms with E-state index in [9.17, 15) is 13.2 Å². The van der Waals surface area contributed by atoms with Crippen molar-refractivity contribution in [3.63, 3.8) is 0 Å². The number of hydrogen-bond donors (Lipinski definition) is 0. The minimum atomic E-state index is -3.49. The van der Waals surface area contributed by atoms with Crippen LogP contribution in [0.25, 0.3) is 0 Å². The summed E-state index contributed by atoms with van der Waals surface area (Å²) in [7, 11) is -2.26. The zero-order valence-corrected chi connectivity index (χ0v) is 12.2. The van der Waals surface area contributed by atoms with E-state index in [4.69, 9.17) is 11.6 Å². The molecule has 102 valence electrons. The quantitative estimate of drug-likeness (QED) is 0.519. The van der Waals surface area contributed by atoms with Gasteiger partial charge in [0, 0.05) is 11.9 Å². The van der Waals surface area contributed by atoms with Crippen LogP contribution in [0.2, 0.25) is 0 Å². The highest BCUT2D eigenvalue weighted by Crippen LogP contribution is 2.12. The Morgan fingerprint density at radius 2 is 1.88 bits per heavy atom. The second-order valence-electron chi connectivity index (χ2n) is 4.25. The first-order chi connectivity index (χ1) is 7.74. The smallest absolute Gasteiger partial charge is 0.321 e. The molecular weight excluding hydrogens is 266 g/mol. The second-order valence-corrected chi connectivity index (χ2v) is 6.53. The molecule has 0 aliphatic rings. The molecule has 17 heavy (non-hydrogen) atoms. The number of ether oxygens (including phenoxy) is 1. The Balaban J connectivity index is 4.86. The lowest BCUT2D eigenvalue weighted by Gasteiger charge is -2.25. The van der Waals surface area contributed by atoms with Gasteiger partial charge in [0.15, 0.2) is 0 Å². The summed E-state index contributed by atoms with van der Waals surface area (Å²) in [5, 5.41) is 0. The zero-order valence-electron chi connectivity index (χ0n) is 10.6. The van der Waals surface area contributed by atoms with E-state index in [2.05, 4.69) is 4.74 Å². The number of carbonyl (C=O) groups excluding carboxylic acids is 1. The Morgan fingerprint density at radius 1 is 1.35 bits per heavy atom. The summed E-state index contributed by atoms with van der Waals surface area (Å²) in [5.74, 6) is -0.518. The van der Waals surface area contributed by atoms with Gasteiger partial charge in [0.1, 0.15) is 6.54 Å². The first-order valence-electron chi connectivity index (χ1n) is 5.36. The van der Waals surface area contributed by atoms with Crippen molar-refractivity contribution in [3.8, 4) is 0 Å². The standard InChI is InChI=1S/C10H20ClNO4S/c1-8(2)12(6-10(13)16-4)17(14,15)7-9(3)5-11/h8-9H,5-7H2,1-4H3. The van der Waals surface area contributed by atoms with E-state index in [1.54, 1.807) is 20.8 Å². The molecule has 0 radical (unpaired) electrons. The minimum Gasteiger partial charge on any atom is -0.468 e. The van der Waals surface area contributed by atoms with Gasteiger partial charge in [-0.15, -0.1) is 11.6 Å². The van der Waals surface area contributed by atoms with Gasteiger partial charge in [-0.25, -0.2) is 8.42 Å². The van der Waals surface area contributed by atoms with E-state index in [1.807, 2.05) is 0 Å². The first kappa shape index (κ1) is 16.7. The van der Waals surface area contributed by atoms with Crippen LogP contribution in [-0.4, -0.2) is 50.0 Å². The molecular formula is C10H20ClNO4S. The molecule has 0 aromatic carbocycles. The van der Waals surface area contributed by atoms with Crippen LogP contribution in [0.15, 0.2) is 0 Å². The van der Waals surface area contributed by atoms with Crippen LogP contribution in [-0.2, 0) is 19.6 Å². The van der Waals surface area contributed by atoms with Crippen molar-refractivity contribution in [3.05, 3.63) is 0 Å². The first-order valence-corrected chi connectivity index (χ1v) is 7.51. The molecule has 0 fully saturated rings. The van der Waals surface area contributed by atoms with Gasteiger partial charge < -0.3 is 4.74 Å². The van der Waals surface area contributed by atoms with Crippen LogP contribution in [0.3, 0.4) is 0 Å². The summed E-state index contributed by atoms with van der Waals surface area (Å²) in [6.07, 6.45) is 0. The number of sulfonamides is 1. The summed E-state index contributed by atoms with van der Waals surface area (Å²) >= 11 is 5.60. The van der Waals surface area contributed by atoms with E-state index < -0.39 is 16.0 Å². The molecule has 7 heteroatoms.